The molecule has 2 N–H and O–H groups in total. The molecule has 0 aliphatic carbocycles. The molecule has 0 atom stereocenters. The van der Waals surface area contributed by atoms with Crippen LogP contribution < -0.4 is 15.4 Å². The number of hydrogen-bond acceptors (Lipinski definition) is 4. The minimum absolute atomic E-state index is 0.0766. The molecule has 0 aliphatic rings. The van der Waals surface area contributed by atoms with E-state index in [9.17, 15) is 14.4 Å². The Morgan fingerprint density at radius 3 is 1.98 bits per heavy atom. The van der Waals surface area contributed by atoms with Gasteiger partial charge in [-0.3, -0.25) is 14.4 Å². The Kier molecular flexibility index (Phi) is 9.55. The number of allylic oxidation sites excluding steroid dienone is 1. The van der Waals surface area contributed by atoms with Crippen molar-refractivity contribution in [3.8, 4) is 16.9 Å². The molecule has 0 aliphatic heterocycles. The second-order valence-electron chi connectivity index (χ2n) is 9.87. The molecule has 0 aromatic heterocycles. The summed E-state index contributed by atoms with van der Waals surface area (Å²) in [7, 11) is 1.59. The van der Waals surface area contributed by atoms with E-state index in [1.54, 1.807) is 67.8 Å². The second-order valence-corrected chi connectivity index (χ2v) is 9.87. The van der Waals surface area contributed by atoms with Crippen LogP contribution in [-0.2, 0) is 4.79 Å². The van der Waals surface area contributed by atoms with Gasteiger partial charge < -0.3 is 15.4 Å². The van der Waals surface area contributed by atoms with Crippen molar-refractivity contribution in [3.63, 3.8) is 0 Å². The fourth-order valence-corrected chi connectivity index (χ4v) is 4.44. The van der Waals surface area contributed by atoms with Crippen molar-refractivity contribution < 1.29 is 19.1 Å². The molecular formula is C38H30N2O4. The Morgan fingerprint density at radius 2 is 1.30 bits per heavy atom. The lowest BCUT2D eigenvalue weighted by Gasteiger charge is -2.12. The molecule has 5 rings (SSSR count). The van der Waals surface area contributed by atoms with Crippen LogP contribution in [0.1, 0.15) is 31.8 Å². The summed E-state index contributed by atoms with van der Waals surface area (Å²) in [5, 5.41) is 5.58. The summed E-state index contributed by atoms with van der Waals surface area (Å²) < 4.78 is 5.23. The molecule has 5 aromatic carbocycles. The van der Waals surface area contributed by atoms with Gasteiger partial charge in [0.1, 0.15) is 11.4 Å². The fourth-order valence-electron chi connectivity index (χ4n) is 4.44. The summed E-state index contributed by atoms with van der Waals surface area (Å²) >= 11 is 0. The fraction of sp³-hybridized carbons (Fsp3) is 0.0263. The highest BCUT2D eigenvalue weighted by molar-refractivity contribution is 6.11. The first kappa shape index (κ1) is 29.5. The zero-order valence-electron chi connectivity index (χ0n) is 24.1. The number of ketones is 1. The van der Waals surface area contributed by atoms with E-state index in [1.165, 1.54) is 6.08 Å². The van der Waals surface area contributed by atoms with Gasteiger partial charge in [0, 0.05) is 16.8 Å². The molecule has 0 fully saturated rings. The van der Waals surface area contributed by atoms with Crippen molar-refractivity contribution in [2.75, 3.05) is 12.4 Å². The lowest BCUT2D eigenvalue weighted by Crippen LogP contribution is -2.30. The number of hydrogen-bond donors (Lipinski definition) is 2. The number of rotatable bonds is 10. The van der Waals surface area contributed by atoms with Crippen LogP contribution in [0.4, 0.5) is 5.69 Å². The van der Waals surface area contributed by atoms with E-state index >= 15 is 0 Å². The Bertz CT molecular complexity index is 1810. The molecule has 0 saturated carbocycles. The topological polar surface area (TPSA) is 84.5 Å². The average molecular weight is 579 g/mol. The molecule has 0 heterocycles. The molecule has 44 heavy (non-hydrogen) atoms. The summed E-state index contributed by atoms with van der Waals surface area (Å²) in [5.41, 5.74) is 5.14. The second kappa shape index (κ2) is 14.2. The van der Waals surface area contributed by atoms with E-state index in [4.69, 9.17) is 4.74 Å². The monoisotopic (exact) mass is 578 g/mol. The van der Waals surface area contributed by atoms with Gasteiger partial charge in [0.05, 0.1) is 7.11 Å². The van der Waals surface area contributed by atoms with Gasteiger partial charge in [-0.25, -0.2) is 0 Å². The molecule has 0 bridgehead atoms. The number of anilines is 1. The maximum absolute atomic E-state index is 13.4. The first-order valence-corrected chi connectivity index (χ1v) is 14.0. The third-order valence-corrected chi connectivity index (χ3v) is 6.81. The summed E-state index contributed by atoms with van der Waals surface area (Å²) in [6.45, 7) is 0. The molecule has 5 aromatic rings. The number of ether oxygens (including phenoxy) is 1. The maximum atomic E-state index is 13.4. The number of carbonyl (C=O) groups is 3. The quantitative estimate of drug-likeness (QED) is 0.132. The van der Waals surface area contributed by atoms with Crippen LogP contribution >= 0.6 is 0 Å². The van der Waals surface area contributed by atoms with Crippen LogP contribution in [0.3, 0.4) is 0 Å². The predicted octanol–water partition coefficient (Wildman–Crippen LogP) is 7.67. The number of methoxy groups -OCH3 is 1. The standard InChI is InChI=1S/C38H30N2O4/c1-44-34-14-8-9-27(25-34)17-24-36(41)31-20-22-33(23-21-31)39-38(43)35(40-37(42)32-12-6-3-7-13-32)26-28-15-18-30(19-16-28)29-10-4-2-5-11-29/h2-26H,1H3,(H,39,43)(H,40,42)/b24-17+,35-26-. The van der Waals surface area contributed by atoms with E-state index in [0.717, 1.165) is 22.3 Å². The zero-order chi connectivity index (χ0) is 30.7. The third-order valence-electron chi connectivity index (χ3n) is 6.81. The van der Waals surface area contributed by atoms with Crippen molar-refractivity contribution >= 4 is 35.4 Å². The highest BCUT2D eigenvalue weighted by Crippen LogP contribution is 2.21. The normalized spacial score (nSPS) is 11.2. The van der Waals surface area contributed by atoms with Crippen LogP contribution in [-0.4, -0.2) is 24.7 Å². The van der Waals surface area contributed by atoms with Crippen molar-refractivity contribution in [3.05, 3.63) is 167 Å². The van der Waals surface area contributed by atoms with E-state index < -0.39 is 11.8 Å². The molecule has 0 radical (unpaired) electrons. The molecule has 0 unspecified atom stereocenters. The lowest BCUT2D eigenvalue weighted by atomic mass is 10.0. The lowest BCUT2D eigenvalue weighted by molar-refractivity contribution is -0.113. The van der Waals surface area contributed by atoms with E-state index in [2.05, 4.69) is 10.6 Å². The van der Waals surface area contributed by atoms with Crippen LogP contribution in [0.2, 0.25) is 0 Å². The summed E-state index contributed by atoms with van der Waals surface area (Å²) in [6, 6.07) is 40.4. The number of amides is 2. The first-order chi connectivity index (χ1) is 21.5. The highest BCUT2D eigenvalue weighted by atomic mass is 16.5. The van der Waals surface area contributed by atoms with Crippen molar-refractivity contribution in [2.45, 2.75) is 0 Å². The van der Waals surface area contributed by atoms with Gasteiger partial charge in [-0.15, -0.1) is 0 Å². The van der Waals surface area contributed by atoms with Gasteiger partial charge in [0.25, 0.3) is 11.8 Å². The zero-order valence-corrected chi connectivity index (χ0v) is 24.1. The SMILES string of the molecule is COc1cccc(/C=C/C(=O)c2ccc(NC(=O)/C(=C/c3ccc(-c4ccccc4)cc3)NC(=O)c3ccccc3)cc2)c1. The van der Waals surface area contributed by atoms with Gasteiger partial charge >= 0.3 is 0 Å². The summed E-state index contributed by atoms with van der Waals surface area (Å²) in [4.78, 5) is 39.1. The minimum Gasteiger partial charge on any atom is -0.497 e. The van der Waals surface area contributed by atoms with Crippen LogP contribution in [0.5, 0.6) is 5.75 Å². The van der Waals surface area contributed by atoms with Gasteiger partial charge in [0.15, 0.2) is 5.78 Å². The van der Waals surface area contributed by atoms with Gasteiger partial charge in [-0.05, 0) is 82.9 Å². The van der Waals surface area contributed by atoms with Crippen molar-refractivity contribution in [1.29, 1.82) is 0 Å². The van der Waals surface area contributed by atoms with Gasteiger partial charge in [0.2, 0.25) is 0 Å². The average Bonchev–Trinajstić information content (AvgIpc) is 3.08. The van der Waals surface area contributed by atoms with Crippen LogP contribution in [0.15, 0.2) is 145 Å². The maximum Gasteiger partial charge on any atom is 0.272 e. The Morgan fingerprint density at radius 1 is 0.636 bits per heavy atom. The Balaban J connectivity index is 1.32. The van der Waals surface area contributed by atoms with E-state index in [-0.39, 0.29) is 11.5 Å². The molecular weight excluding hydrogens is 548 g/mol. The number of benzene rings is 5. The smallest absolute Gasteiger partial charge is 0.272 e. The van der Waals surface area contributed by atoms with Crippen LogP contribution in [0, 0.1) is 0 Å². The van der Waals surface area contributed by atoms with Gasteiger partial charge in [-0.2, -0.15) is 0 Å². The molecule has 216 valence electrons. The molecule has 0 spiro atoms. The molecule has 2 amide bonds. The van der Waals surface area contributed by atoms with Crippen LogP contribution in [0.25, 0.3) is 23.3 Å². The van der Waals surface area contributed by atoms with Gasteiger partial charge in [-0.1, -0.05) is 91.0 Å². The highest BCUT2D eigenvalue weighted by Gasteiger charge is 2.15. The Labute approximate surface area is 256 Å². The Hall–Kier alpha value is -6.01. The molecule has 6 heteroatoms. The minimum atomic E-state index is -0.501. The van der Waals surface area contributed by atoms with Crippen molar-refractivity contribution in [1.82, 2.24) is 5.32 Å². The van der Waals surface area contributed by atoms with E-state index in [1.807, 2.05) is 84.9 Å². The largest absolute Gasteiger partial charge is 0.497 e. The first-order valence-electron chi connectivity index (χ1n) is 14.0. The van der Waals surface area contributed by atoms with Crippen molar-refractivity contribution in [2.24, 2.45) is 0 Å². The summed E-state index contributed by atoms with van der Waals surface area (Å²) in [6.07, 6.45) is 4.84. The number of carbonyl (C=O) groups excluding carboxylic acids is 3. The summed E-state index contributed by atoms with van der Waals surface area (Å²) in [5.74, 6) is -0.382. The van der Waals surface area contributed by atoms with E-state index in [0.29, 0.717) is 22.6 Å². The molecule has 6 nitrogen and oxygen atoms in total. The molecule has 0 saturated heterocycles. The third kappa shape index (κ3) is 7.84. The number of nitrogens with one attached hydrogen (secondary N) is 2. The predicted molar refractivity (Wildman–Crippen MR) is 175 cm³/mol.